The second-order valence-electron chi connectivity index (χ2n) is 3.45. The lowest BCUT2D eigenvalue weighted by Crippen LogP contribution is -2.34. The number of rotatable bonds is 1. The van der Waals surface area contributed by atoms with Gasteiger partial charge < -0.3 is 5.32 Å². The summed E-state index contributed by atoms with van der Waals surface area (Å²) in [7, 11) is 0. The molecule has 0 bridgehead atoms. The molecule has 3 nitrogen and oxygen atoms in total. The van der Waals surface area contributed by atoms with E-state index in [9.17, 15) is 4.79 Å². The van der Waals surface area contributed by atoms with Crippen molar-refractivity contribution >= 4 is 29.1 Å². The van der Waals surface area contributed by atoms with Gasteiger partial charge in [0.25, 0.3) is 0 Å². The average molecular weight is 221 g/mol. The fraction of sp³-hybridized carbons (Fsp3) is 0.500. The van der Waals surface area contributed by atoms with Gasteiger partial charge in [-0.2, -0.15) is 5.26 Å². The van der Waals surface area contributed by atoms with Crippen molar-refractivity contribution in [3.8, 4) is 6.07 Å². The zero-order valence-electron chi connectivity index (χ0n) is 7.61. The third-order valence-electron chi connectivity index (χ3n) is 1.22. The predicted octanol–water partition coefficient (Wildman–Crippen LogP) is 2.32. The molecule has 13 heavy (non-hydrogen) atoms. The molecule has 0 saturated carbocycles. The molecule has 0 atom stereocenters. The molecule has 1 amide bonds. The van der Waals surface area contributed by atoms with E-state index in [0.717, 1.165) is 0 Å². The Balaban J connectivity index is 4.58. The lowest BCUT2D eigenvalue weighted by molar-refractivity contribution is -0.127. The van der Waals surface area contributed by atoms with E-state index >= 15 is 0 Å². The molecule has 0 radical (unpaired) electrons. The second kappa shape index (κ2) is 4.50. The van der Waals surface area contributed by atoms with Gasteiger partial charge in [-0.3, -0.25) is 4.79 Å². The van der Waals surface area contributed by atoms with Crippen LogP contribution in [0.5, 0.6) is 0 Å². The first-order valence-electron chi connectivity index (χ1n) is 3.56. The Morgan fingerprint density at radius 3 is 2.08 bits per heavy atom. The minimum atomic E-state index is -0.578. The molecule has 0 aliphatic carbocycles. The number of allylic oxidation sites excluding steroid dienone is 1. The van der Waals surface area contributed by atoms with Gasteiger partial charge in [0.15, 0.2) is 5.70 Å². The van der Waals surface area contributed by atoms with Crippen LogP contribution in [0.2, 0.25) is 0 Å². The maximum absolute atomic E-state index is 11.3. The predicted molar refractivity (Wildman–Crippen MR) is 51.9 cm³/mol. The SMILES string of the molecule is CC(C)(C)C(=O)NC(C#N)=C(Cl)Cl. The normalized spacial score (nSPS) is 10.2. The third-order valence-corrected chi connectivity index (χ3v) is 1.60. The molecule has 1 N–H and O–H groups in total. The Hall–Kier alpha value is -0.720. The highest BCUT2D eigenvalue weighted by Crippen LogP contribution is 2.16. The van der Waals surface area contributed by atoms with E-state index in [1.165, 1.54) is 0 Å². The summed E-state index contributed by atoms with van der Waals surface area (Å²) in [6, 6.07) is 1.69. The van der Waals surface area contributed by atoms with Crippen molar-refractivity contribution in [3.63, 3.8) is 0 Å². The number of carbonyl (C=O) groups is 1. The first kappa shape index (κ1) is 12.3. The van der Waals surface area contributed by atoms with Crippen LogP contribution < -0.4 is 5.32 Å². The maximum atomic E-state index is 11.3. The summed E-state index contributed by atoms with van der Waals surface area (Å²) in [5.41, 5.74) is -0.700. The van der Waals surface area contributed by atoms with E-state index in [1.54, 1.807) is 26.8 Å². The highest BCUT2D eigenvalue weighted by molar-refractivity contribution is 6.56. The van der Waals surface area contributed by atoms with Crippen LogP contribution in [0.4, 0.5) is 0 Å². The monoisotopic (exact) mass is 220 g/mol. The Bertz CT molecular complexity index is 279. The lowest BCUT2D eigenvalue weighted by Gasteiger charge is -2.16. The van der Waals surface area contributed by atoms with Gasteiger partial charge in [0.1, 0.15) is 10.6 Å². The summed E-state index contributed by atoms with van der Waals surface area (Å²) in [6.45, 7) is 5.17. The van der Waals surface area contributed by atoms with Crippen LogP contribution in [0.15, 0.2) is 10.2 Å². The summed E-state index contributed by atoms with van der Waals surface area (Å²) < 4.78 is -0.236. The van der Waals surface area contributed by atoms with Gasteiger partial charge in [-0.05, 0) is 0 Å². The zero-order chi connectivity index (χ0) is 10.6. The number of carbonyl (C=O) groups excluding carboxylic acids is 1. The van der Waals surface area contributed by atoms with Crippen LogP contribution in [0, 0.1) is 16.7 Å². The standard InChI is InChI=1S/C8H10Cl2N2O/c1-8(2,3)7(13)12-5(4-11)6(9)10/h1-3H3,(H,12,13). The van der Waals surface area contributed by atoms with Gasteiger partial charge in [-0.1, -0.05) is 44.0 Å². The maximum Gasteiger partial charge on any atom is 0.230 e. The molecule has 0 fully saturated rings. The molecular formula is C8H10Cl2N2O. The van der Waals surface area contributed by atoms with Crippen LogP contribution in [0.25, 0.3) is 0 Å². The Labute approximate surface area is 87.3 Å². The highest BCUT2D eigenvalue weighted by atomic mass is 35.5. The van der Waals surface area contributed by atoms with E-state index < -0.39 is 5.41 Å². The molecule has 0 unspecified atom stereocenters. The number of nitriles is 1. The Morgan fingerprint density at radius 1 is 1.38 bits per heavy atom. The number of halogens is 2. The van der Waals surface area contributed by atoms with E-state index in [2.05, 4.69) is 5.32 Å². The molecule has 5 heteroatoms. The van der Waals surface area contributed by atoms with E-state index in [0.29, 0.717) is 0 Å². The highest BCUT2D eigenvalue weighted by Gasteiger charge is 2.22. The molecule has 0 aromatic rings. The summed E-state index contributed by atoms with van der Waals surface area (Å²) in [5.74, 6) is -0.303. The Morgan fingerprint density at radius 2 is 1.85 bits per heavy atom. The van der Waals surface area contributed by atoms with Crippen LogP contribution >= 0.6 is 23.2 Å². The Kier molecular flexibility index (Phi) is 4.25. The van der Waals surface area contributed by atoms with Crippen molar-refractivity contribution < 1.29 is 4.79 Å². The van der Waals surface area contributed by atoms with Crippen molar-refractivity contribution in [1.82, 2.24) is 5.32 Å². The van der Waals surface area contributed by atoms with Gasteiger partial charge in [-0.25, -0.2) is 0 Å². The summed E-state index contributed by atoms with van der Waals surface area (Å²) >= 11 is 10.7. The molecule has 0 aromatic heterocycles. The number of hydrogen-bond donors (Lipinski definition) is 1. The van der Waals surface area contributed by atoms with Crippen molar-refractivity contribution in [2.45, 2.75) is 20.8 Å². The molecule has 0 heterocycles. The van der Waals surface area contributed by atoms with Crippen LogP contribution in [-0.4, -0.2) is 5.91 Å². The largest absolute Gasteiger partial charge is 0.315 e. The molecule has 0 saturated heterocycles. The smallest absolute Gasteiger partial charge is 0.230 e. The van der Waals surface area contributed by atoms with Gasteiger partial charge in [-0.15, -0.1) is 0 Å². The lowest BCUT2D eigenvalue weighted by atomic mass is 9.96. The van der Waals surface area contributed by atoms with Gasteiger partial charge in [0.05, 0.1) is 0 Å². The van der Waals surface area contributed by atoms with Gasteiger partial charge in [0.2, 0.25) is 5.91 Å². The van der Waals surface area contributed by atoms with Gasteiger partial charge >= 0.3 is 0 Å². The molecule has 0 rings (SSSR count). The van der Waals surface area contributed by atoms with Crippen LogP contribution in [-0.2, 0) is 4.79 Å². The molecule has 0 aromatic carbocycles. The number of nitrogens with one attached hydrogen (secondary N) is 1. The summed E-state index contributed by atoms with van der Waals surface area (Å²) in [6.07, 6.45) is 0. The van der Waals surface area contributed by atoms with Crippen LogP contribution in [0.1, 0.15) is 20.8 Å². The van der Waals surface area contributed by atoms with Crippen LogP contribution in [0.3, 0.4) is 0 Å². The first-order chi connectivity index (χ1) is 5.79. The number of amides is 1. The molecule has 72 valence electrons. The topological polar surface area (TPSA) is 52.9 Å². The van der Waals surface area contributed by atoms with Crippen molar-refractivity contribution in [2.75, 3.05) is 0 Å². The quantitative estimate of drug-likeness (QED) is 0.690. The third kappa shape index (κ3) is 4.16. The summed E-state index contributed by atoms with van der Waals surface area (Å²) in [5, 5.41) is 10.8. The molecule has 0 aliphatic heterocycles. The minimum Gasteiger partial charge on any atom is -0.315 e. The van der Waals surface area contributed by atoms with Crippen molar-refractivity contribution in [1.29, 1.82) is 5.26 Å². The van der Waals surface area contributed by atoms with Gasteiger partial charge in [0, 0.05) is 5.41 Å². The van der Waals surface area contributed by atoms with E-state index in [1.807, 2.05) is 0 Å². The second-order valence-corrected chi connectivity index (χ2v) is 4.40. The van der Waals surface area contributed by atoms with Crippen molar-refractivity contribution in [3.05, 3.63) is 10.2 Å². The number of nitrogens with zero attached hydrogens (tertiary/aromatic N) is 1. The number of hydrogen-bond acceptors (Lipinski definition) is 2. The zero-order valence-corrected chi connectivity index (χ0v) is 9.12. The molecular weight excluding hydrogens is 211 g/mol. The average Bonchev–Trinajstić information content (AvgIpc) is 1.96. The summed E-state index contributed by atoms with van der Waals surface area (Å²) in [4.78, 5) is 11.3. The van der Waals surface area contributed by atoms with E-state index in [-0.39, 0.29) is 16.1 Å². The fourth-order valence-corrected chi connectivity index (χ4v) is 0.597. The minimum absolute atomic E-state index is 0.122. The van der Waals surface area contributed by atoms with E-state index in [4.69, 9.17) is 28.5 Å². The fourth-order valence-electron chi connectivity index (χ4n) is 0.418. The molecule has 0 aliphatic rings. The molecule has 0 spiro atoms. The van der Waals surface area contributed by atoms with Crippen molar-refractivity contribution in [2.24, 2.45) is 5.41 Å². The first-order valence-corrected chi connectivity index (χ1v) is 4.31.